The van der Waals surface area contributed by atoms with Gasteiger partial charge in [-0.3, -0.25) is 0 Å². The Bertz CT molecular complexity index is 303. The van der Waals surface area contributed by atoms with Crippen LogP contribution in [-0.4, -0.2) is 34.2 Å². The van der Waals surface area contributed by atoms with Gasteiger partial charge in [0.2, 0.25) is 5.89 Å². The fourth-order valence-electron chi connectivity index (χ4n) is 1.71. The molecule has 2 heterocycles. The van der Waals surface area contributed by atoms with Gasteiger partial charge in [-0.1, -0.05) is 5.16 Å². The lowest BCUT2D eigenvalue weighted by molar-refractivity contribution is 0.184. The maximum atomic E-state index is 10.8. The van der Waals surface area contributed by atoms with Crippen molar-refractivity contribution in [2.75, 3.05) is 13.1 Å². The number of nitrogens with zero attached hydrogens (tertiary/aromatic N) is 3. The third-order valence-corrected chi connectivity index (χ3v) is 2.53. The molecule has 2 N–H and O–H groups in total. The molecule has 1 aliphatic heterocycles. The molecule has 0 bridgehead atoms. The first-order valence-electron chi connectivity index (χ1n) is 4.58. The van der Waals surface area contributed by atoms with Crippen LogP contribution in [0.25, 0.3) is 0 Å². The van der Waals surface area contributed by atoms with Crippen molar-refractivity contribution in [3.05, 3.63) is 12.2 Å². The molecule has 1 aliphatic rings. The second kappa shape index (κ2) is 3.65. The first-order chi connectivity index (χ1) is 6.77. The summed E-state index contributed by atoms with van der Waals surface area (Å²) in [6.45, 7) is 1.34. The molecule has 6 nitrogen and oxygen atoms in total. The number of hydrogen-bond donors (Lipinski definition) is 1. The van der Waals surface area contributed by atoms with E-state index in [4.69, 9.17) is 10.3 Å². The minimum Gasteiger partial charge on any atom is -0.351 e. The normalized spacial score (nSPS) is 18.4. The van der Waals surface area contributed by atoms with Crippen molar-refractivity contribution < 1.29 is 9.32 Å². The summed E-state index contributed by atoms with van der Waals surface area (Å²) in [4.78, 5) is 16.5. The molecular weight excluding hydrogens is 184 g/mol. The predicted molar refractivity (Wildman–Crippen MR) is 47.4 cm³/mol. The molecule has 76 valence electrons. The fraction of sp³-hybridized carbons (Fsp3) is 0.625. The number of aromatic nitrogens is 2. The van der Waals surface area contributed by atoms with Gasteiger partial charge in [0.25, 0.3) is 0 Å². The van der Waals surface area contributed by atoms with Gasteiger partial charge in [0.15, 0.2) is 6.33 Å². The molecule has 0 aliphatic carbocycles. The molecule has 1 fully saturated rings. The summed E-state index contributed by atoms with van der Waals surface area (Å²) in [6, 6.07) is -0.353. The molecule has 1 saturated heterocycles. The zero-order valence-corrected chi connectivity index (χ0v) is 7.72. The number of carbonyl (C=O) groups excluding carboxylic acids is 1. The fourth-order valence-corrected chi connectivity index (χ4v) is 1.71. The maximum Gasteiger partial charge on any atom is 0.314 e. The van der Waals surface area contributed by atoms with E-state index < -0.39 is 0 Å². The van der Waals surface area contributed by atoms with E-state index in [-0.39, 0.29) is 11.9 Å². The summed E-state index contributed by atoms with van der Waals surface area (Å²) in [5.74, 6) is 0.933. The van der Waals surface area contributed by atoms with Gasteiger partial charge in [-0.25, -0.2) is 4.79 Å². The van der Waals surface area contributed by atoms with Crippen LogP contribution in [0.5, 0.6) is 0 Å². The zero-order chi connectivity index (χ0) is 9.97. The first-order valence-corrected chi connectivity index (χ1v) is 4.58. The lowest BCUT2D eigenvalue weighted by atomic mass is 9.97. The molecule has 1 aromatic heterocycles. The van der Waals surface area contributed by atoms with Crippen molar-refractivity contribution in [1.29, 1.82) is 0 Å². The molecule has 0 spiro atoms. The van der Waals surface area contributed by atoms with E-state index in [9.17, 15) is 4.79 Å². The summed E-state index contributed by atoms with van der Waals surface area (Å²) < 4.78 is 4.97. The van der Waals surface area contributed by atoms with E-state index >= 15 is 0 Å². The summed E-state index contributed by atoms with van der Waals surface area (Å²) in [5, 5.41) is 3.56. The van der Waals surface area contributed by atoms with Gasteiger partial charge in [0.05, 0.1) is 0 Å². The first kappa shape index (κ1) is 8.98. The highest BCUT2D eigenvalue weighted by Crippen LogP contribution is 2.25. The van der Waals surface area contributed by atoms with Crippen LogP contribution in [0.4, 0.5) is 4.79 Å². The molecule has 0 saturated carbocycles. The van der Waals surface area contributed by atoms with Gasteiger partial charge in [0, 0.05) is 19.0 Å². The van der Waals surface area contributed by atoms with Crippen LogP contribution in [0.3, 0.4) is 0 Å². The van der Waals surface area contributed by atoms with Crippen LogP contribution in [0.15, 0.2) is 10.9 Å². The summed E-state index contributed by atoms with van der Waals surface area (Å²) in [6.07, 6.45) is 3.08. The highest BCUT2D eigenvalue weighted by molar-refractivity contribution is 5.72. The Morgan fingerprint density at radius 3 is 2.79 bits per heavy atom. The molecule has 0 aromatic carbocycles. The van der Waals surface area contributed by atoms with E-state index in [2.05, 4.69) is 10.1 Å². The SMILES string of the molecule is NC(=O)N1CCC(c2ncno2)CC1. The van der Waals surface area contributed by atoms with Crippen LogP contribution >= 0.6 is 0 Å². The van der Waals surface area contributed by atoms with Crippen LogP contribution in [-0.2, 0) is 0 Å². The zero-order valence-electron chi connectivity index (χ0n) is 7.72. The van der Waals surface area contributed by atoms with Gasteiger partial charge in [-0.05, 0) is 12.8 Å². The molecule has 0 atom stereocenters. The second-order valence-corrected chi connectivity index (χ2v) is 3.38. The molecule has 0 radical (unpaired) electrons. The van der Waals surface area contributed by atoms with Crippen molar-refractivity contribution in [3.63, 3.8) is 0 Å². The Kier molecular flexibility index (Phi) is 2.34. The van der Waals surface area contributed by atoms with Crippen LogP contribution < -0.4 is 5.73 Å². The third kappa shape index (κ3) is 1.68. The van der Waals surface area contributed by atoms with Gasteiger partial charge < -0.3 is 15.2 Å². The van der Waals surface area contributed by atoms with E-state index in [1.807, 2.05) is 0 Å². The number of carbonyl (C=O) groups is 1. The van der Waals surface area contributed by atoms with Crippen molar-refractivity contribution in [3.8, 4) is 0 Å². The van der Waals surface area contributed by atoms with Gasteiger partial charge >= 0.3 is 6.03 Å². The molecule has 14 heavy (non-hydrogen) atoms. The Labute approximate surface area is 81.1 Å². The predicted octanol–water partition coefficient (Wildman–Crippen LogP) is 0.328. The quantitative estimate of drug-likeness (QED) is 0.701. The average molecular weight is 196 g/mol. The summed E-state index contributed by atoms with van der Waals surface area (Å²) >= 11 is 0. The van der Waals surface area contributed by atoms with Crippen molar-refractivity contribution in [1.82, 2.24) is 15.0 Å². The maximum absolute atomic E-state index is 10.8. The van der Waals surface area contributed by atoms with E-state index in [0.717, 1.165) is 12.8 Å². The van der Waals surface area contributed by atoms with Crippen molar-refractivity contribution in [2.45, 2.75) is 18.8 Å². The number of urea groups is 1. The minimum atomic E-state index is -0.353. The summed E-state index contributed by atoms with van der Waals surface area (Å²) in [5.41, 5.74) is 5.17. The Balaban J connectivity index is 1.93. The summed E-state index contributed by atoms with van der Waals surface area (Å²) in [7, 11) is 0. The number of hydrogen-bond acceptors (Lipinski definition) is 4. The highest BCUT2D eigenvalue weighted by Gasteiger charge is 2.25. The highest BCUT2D eigenvalue weighted by atomic mass is 16.5. The van der Waals surface area contributed by atoms with E-state index in [0.29, 0.717) is 19.0 Å². The van der Waals surface area contributed by atoms with Crippen LogP contribution in [0.1, 0.15) is 24.7 Å². The monoisotopic (exact) mass is 196 g/mol. The van der Waals surface area contributed by atoms with Crippen molar-refractivity contribution in [2.24, 2.45) is 5.73 Å². The standard InChI is InChI=1S/C8H12N4O2/c9-8(13)12-3-1-6(2-4-12)7-10-5-11-14-7/h5-6H,1-4H2,(H2,9,13). The smallest absolute Gasteiger partial charge is 0.314 e. The number of nitrogens with two attached hydrogens (primary N) is 1. The third-order valence-electron chi connectivity index (χ3n) is 2.53. The van der Waals surface area contributed by atoms with E-state index in [1.165, 1.54) is 6.33 Å². The Morgan fingerprint density at radius 2 is 2.29 bits per heavy atom. The van der Waals surface area contributed by atoms with Gasteiger partial charge in [0.1, 0.15) is 0 Å². The lowest BCUT2D eigenvalue weighted by Gasteiger charge is -2.28. The number of rotatable bonds is 1. The lowest BCUT2D eigenvalue weighted by Crippen LogP contribution is -2.41. The number of primary amides is 1. The average Bonchev–Trinajstić information content (AvgIpc) is 2.71. The molecule has 1 aromatic rings. The molecule has 2 amide bonds. The topological polar surface area (TPSA) is 85.3 Å². The molecule has 0 unspecified atom stereocenters. The largest absolute Gasteiger partial charge is 0.351 e. The van der Waals surface area contributed by atoms with E-state index in [1.54, 1.807) is 4.90 Å². The molecular formula is C8H12N4O2. The van der Waals surface area contributed by atoms with Gasteiger partial charge in [-0.2, -0.15) is 4.98 Å². The molecule has 2 rings (SSSR count). The minimum absolute atomic E-state index is 0.271. The Morgan fingerprint density at radius 1 is 1.57 bits per heavy atom. The van der Waals surface area contributed by atoms with Crippen LogP contribution in [0.2, 0.25) is 0 Å². The Hall–Kier alpha value is -1.59. The second-order valence-electron chi connectivity index (χ2n) is 3.38. The van der Waals surface area contributed by atoms with Crippen molar-refractivity contribution >= 4 is 6.03 Å². The number of likely N-dealkylation sites (tertiary alicyclic amines) is 1. The number of piperidine rings is 1. The molecule has 6 heteroatoms. The van der Waals surface area contributed by atoms with Gasteiger partial charge in [-0.15, -0.1) is 0 Å². The number of amides is 2. The van der Waals surface area contributed by atoms with Crippen LogP contribution in [0, 0.1) is 0 Å².